The smallest absolute Gasteiger partial charge is 0.161 e. The van der Waals surface area contributed by atoms with Gasteiger partial charge >= 0.3 is 0 Å². The Morgan fingerprint density at radius 3 is 2.45 bits per heavy atom. The number of methoxy groups -OCH3 is 1. The van der Waals surface area contributed by atoms with Crippen LogP contribution in [0.5, 0.6) is 11.5 Å². The highest BCUT2D eigenvalue weighted by Crippen LogP contribution is 2.32. The lowest BCUT2D eigenvalue weighted by molar-refractivity contribution is 0.147. The van der Waals surface area contributed by atoms with E-state index in [-0.39, 0.29) is 30.9 Å². The predicted octanol–water partition coefficient (Wildman–Crippen LogP) is 2.85. The van der Waals surface area contributed by atoms with E-state index in [1.54, 1.807) is 7.11 Å². The summed E-state index contributed by atoms with van der Waals surface area (Å²) in [5.74, 6) is 1.37. The van der Waals surface area contributed by atoms with Crippen LogP contribution in [-0.2, 0) is 0 Å². The number of ether oxygens (including phenoxy) is 2. The first-order valence-electron chi connectivity index (χ1n) is 7.11. The second-order valence-electron chi connectivity index (χ2n) is 4.80. The molecule has 22 heavy (non-hydrogen) atoms. The maximum absolute atomic E-state index is 13.5. The fourth-order valence-corrected chi connectivity index (χ4v) is 2.56. The van der Waals surface area contributed by atoms with Gasteiger partial charge in [0, 0.05) is 26.2 Å². The summed E-state index contributed by atoms with van der Waals surface area (Å²) in [5, 5.41) is 3.29. The molecule has 1 atom stereocenters. The van der Waals surface area contributed by atoms with E-state index in [0.29, 0.717) is 18.1 Å². The lowest BCUT2D eigenvalue weighted by atomic mass is 10.0. The van der Waals surface area contributed by atoms with Gasteiger partial charge in [0.25, 0.3) is 0 Å². The van der Waals surface area contributed by atoms with Crippen molar-refractivity contribution in [1.29, 1.82) is 0 Å². The third kappa shape index (κ3) is 5.16. The molecular weight excluding hydrogens is 330 g/mol. The summed E-state index contributed by atoms with van der Waals surface area (Å²) >= 11 is 0. The Balaban J connectivity index is 0.00000220. The molecule has 1 fully saturated rings. The SMILES string of the molecule is CCOc1cc([C@H](CF)N2CCNCC2)ccc1OC.Cl.Cl. The summed E-state index contributed by atoms with van der Waals surface area (Å²) in [4.78, 5) is 2.17. The van der Waals surface area contributed by atoms with Crippen LogP contribution in [0.1, 0.15) is 18.5 Å². The van der Waals surface area contributed by atoms with Gasteiger partial charge in [0.2, 0.25) is 0 Å². The Labute approximate surface area is 144 Å². The van der Waals surface area contributed by atoms with Crippen molar-refractivity contribution in [3.63, 3.8) is 0 Å². The van der Waals surface area contributed by atoms with Crippen molar-refractivity contribution in [1.82, 2.24) is 10.2 Å². The van der Waals surface area contributed by atoms with E-state index in [9.17, 15) is 4.39 Å². The summed E-state index contributed by atoms with van der Waals surface area (Å²) in [5.41, 5.74) is 0.943. The Kier molecular flexibility index (Phi) is 10.5. The second-order valence-corrected chi connectivity index (χ2v) is 4.80. The molecule has 0 unspecified atom stereocenters. The van der Waals surface area contributed by atoms with Crippen molar-refractivity contribution in [2.45, 2.75) is 13.0 Å². The highest BCUT2D eigenvalue weighted by Gasteiger charge is 2.23. The van der Waals surface area contributed by atoms with E-state index in [1.165, 1.54) is 0 Å². The van der Waals surface area contributed by atoms with E-state index in [1.807, 2.05) is 25.1 Å². The van der Waals surface area contributed by atoms with Crippen LogP contribution < -0.4 is 14.8 Å². The van der Waals surface area contributed by atoms with Gasteiger partial charge < -0.3 is 14.8 Å². The van der Waals surface area contributed by atoms with Crippen molar-refractivity contribution < 1.29 is 13.9 Å². The molecule has 1 saturated heterocycles. The first-order valence-corrected chi connectivity index (χ1v) is 7.11. The maximum Gasteiger partial charge on any atom is 0.161 e. The number of halogens is 3. The number of piperazine rings is 1. The van der Waals surface area contributed by atoms with Gasteiger partial charge in [0.05, 0.1) is 19.8 Å². The monoisotopic (exact) mass is 354 g/mol. The molecule has 0 saturated carbocycles. The molecule has 0 bridgehead atoms. The predicted molar refractivity (Wildman–Crippen MR) is 91.8 cm³/mol. The molecule has 1 aliphatic heterocycles. The Morgan fingerprint density at radius 1 is 1.23 bits per heavy atom. The van der Waals surface area contributed by atoms with Crippen LogP contribution in [0.3, 0.4) is 0 Å². The van der Waals surface area contributed by atoms with Crippen LogP contribution >= 0.6 is 24.8 Å². The van der Waals surface area contributed by atoms with Gasteiger partial charge in [-0.15, -0.1) is 24.8 Å². The van der Waals surface area contributed by atoms with Gasteiger partial charge in [-0.3, -0.25) is 4.90 Å². The quantitative estimate of drug-likeness (QED) is 0.851. The van der Waals surface area contributed by atoms with Crippen molar-refractivity contribution in [3.05, 3.63) is 23.8 Å². The molecule has 0 spiro atoms. The summed E-state index contributed by atoms with van der Waals surface area (Å²) in [6, 6.07) is 5.47. The molecule has 0 aliphatic carbocycles. The molecule has 1 heterocycles. The molecule has 128 valence electrons. The largest absolute Gasteiger partial charge is 0.493 e. The summed E-state index contributed by atoms with van der Waals surface area (Å²) < 4.78 is 24.3. The standard InChI is InChI=1S/C15H23FN2O2.2ClH/c1-3-20-15-10-12(4-5-14(15)19-2)13(11-16)18-8-6-17-7-9-18;;/h4-5,10,13,17H,3,6-9,11H2,1-2H3;2*1H/t13-;;/m0../s1. The zero-order valence-corrected chi connectivity index (χ0v) is 14.6. The first kappa shape index (κ1) is 21.2. The molecule has 1 aromatic rings. The highest BCUT2D eigenvalue weighted by atomic mass is 35.5. The van der Waals surface area contributed by atoms with Gasteiger partial charge in [-0.1, -0.05) is 6.07 Å². The molecule has 0 amide bonds. The number of alkyl halides is 1. The third-order valence-electron chi connectivity index (χ3n) is 3.61. The molecular formula is C15H25Cl2FN2O2. The zero-order chi connectivity index (χ0) is 14.4. The summed E-state index contributed by atoms with van der Waals surface area (Å²) in [6.07, 6.45) is 0. The van der Waals surface area contributed by atoms with Gasteiger partial charge in [-0.2, -0.15) is 0 Å². The number of hydrogen-bond acceptors (Lipinski definition) is 4. The van der Waals surface area contributed by atoms with Gasteiger partial charge in [0.15, 0.2) is 11.5 Å². The Bertz CT molecular complexity index is 432. The molecule has 7 heteroatoms. The molecule has 2 rings (SSSR count). The minimum atomic E-state index is -0.391. The summed E-state index contributed by atoms with van der Waals surface area (Å²) in [7, 11) is 1.61. The minimum absolute atomic E-state index is 0. The Morgan fingerprint density at radius 2 is 1.91 bits per heavy atom. The maximum atomic E-state index is 13.5. The van der Waals surface area contributed by atoms with E-state index in [4.69, 9.17) is 9.47 Å². The van der Waals surface area contributed by atoms with Crippen molar-refractivity contribution in [3.8, 4) is 11.5 Å². The van der Waals surface area contributed by atoms with E-state index in [0.717, 1.165) is 31.7 Å². The fraction of sp³-hybridized carbons (Fsp3) is 0.600. The number of benzene rings is 1. The highest BCUT2D eigenvalue weighted by molar-refractivity contribution is 5.85. The fourth-order valence-electron chi connectivity index (χ4n) is 2.56. The van der Waals surface area contributed by atoms with Crippen LogP contribution in [0.2, 0.25) is 0 Å². The normalized spacial score (nSPS) is 16.1. The molecule has 1 N–H and O–H groups in total. The third-order valence-corrected chi connectivity index (χ3v) is 3.61. The lowest BCUT2D eigenvalue weighted by Crippen LogP contribution is -2.45. The van der Waals surface area contributed by atoms with Crippen LogP contribution in [0.25, 0.3) is 0 Å². The number of hydrogen-bond donors (Lipinski definition) is 1. The number of rotatable bonds is 6. The van der Waals surface area contributed by atoms with Crippen LogP contribution in [0, 0.1) is 0 Å². The lowest BCUT2D eigenvalue weighted by Gasteiger charge is -2.33. The van der Waals surface area contributed by atoms with Gasteiger partial charge in [0.1, 0.15) is 6.67 Å². The molecule has 1 aromatic carbocycles. The average Bonchev–Trinajstić information content (AvgIpc) is 2.50. The molecule has 0 aromatic heterocycles. The summed E-state index contributed by atoms with van der Waals surface area (Å²) in [6.45, 7) is 5.64. The molecule has 1 aliphatic rings. The average molecular weight is 355 g/mol. The second kappa shape index (κ2) is 10.9. The molecule has 0 radical (unpaired) electrons. The number of nitrogens with one attached hydrogen (secondary N) is 1. The van der Waals surface area contributed by atoms with E-state index >= 15 is 0 Å². The van der Waals surface area contributed by atoms with Crippen molar-refractivity contribution >= 4 is 24.8 Å². The van der Waals surface area contributed by atoms with Crippen molar-refractivity contribution in [2.24, 2.45) is 0 Å². The van der Waals surface area contributed by atoms with Crippen LogP contribution in [0.4, 0.5) is 4.39 Å². The van der Waals surface area contributed by atoms with E-state index < -0.39 is 6.67 Å². The number of nitrogens with zero attached hydrogens (tertiary/aromatic N) is 1. The zero-order valence-electron chi connectivity index (χ0n) is 13.0. The van der Waals surface area contributed by atoms with Gasteiger partial charge in [-0.05, 0) is 24.6 Å². The van der Waals surface area contributed by atoms with E-state index in [2.05, 4.69) is 10.2 Å². The first-order chi connectivity index (χ1) is 9.80. The minimum Gasteiger partial charge on any atom is -0.493 e. The van der Waals surface area contributed by atoms with Crippen LogP contribution in [-0.4, -0.2) is 51.5 Å². The molecule has 4 nitrogen and oxygen atoms in total. The Hall–Kier alpha value is -0.750. The van der Waals surface area contributed by atoms with Crippen LogP contribution in [0.15, 0.2) is 18.2 Å². The van der Waals surface area contributed by atoms with Gasteiger partial charge in [-0.25, -0.2) is 4.39 Å². The topological polar surface area (TPSA) is 33.7 Å². The van der Waals surface area contributed by atoms with Crippen molar-refractivity contribution in [2.75, 3.05) is 46.6 Å².